The Morgan fingerprint density at radius 2 is 1.96 bits per heavy atom. The molecule has 23 heavy (non-hydrogen) atoms. The summed E-state index contributed by atoms with van der Waals surface area (Å²) in [6, 6.07) is 8.42. The number of rotatable bonds is 3. The molecule has 0 bridgehead atoms. The van der Waals surface area contributed by atoms with Crippen LogP contribution in [0, 0.1) is 23.0 Å². The first-order valence-corrected chi connectivity index (χ1v) is 6.85. The van der Waals surface area contributed by atoms with E-state index >= 15 is 0 Å². The summed E-state index contributed by atoms with van der Waals surface area (Å²) in [5, 5.41) is 8.95. The van der Waals surface area contributed by atoms with E-state index in [1.165, 1.54) is 17.2 Å². The molecule has 1 fully saturated rings. The van der Waals surface area contributed by atoms with Gasteiger partial charge in [0.2, 0.25) is 5.88 Å². The molecule has 5 nitrogen and oxygen atoms in total. The number of aromatic nitrogens is 1. The quantitative estimate of drug-likeness (QED) is 0.870. The summed E-state index contributed by atoms with van der Waals surface area (Å²) >= 11 is 0. The highest BCUT2D eigenvalue weighted by molar-refractivity contribution is 5.95. The molecule has 1 aliphatic rings. The van der Waals surface area contributed by atoms with Crippen LogP contribution in [0.5, 0.6) is 5.88 Å². The van der Waals surface area contributed by atoms with E-state index in [0.717, 1.165) is 12.1 Å². The lowest BCUT2D eigenvalue weighted by Gasteiger charge is -2.38. The Morgan fingerprint density at radius 3 is 2.61 bits per heavy atom. The molecule has 3 rings (SSSR count). The molecule has 1 aromatic carbocycles. The maximum Gasteiger partial charge on any atom is 0.260 e. The summed E-state index contributed by atoms with van der Waals surface area (Å²) in [6.07, 6.45) is 1.13. The number of carbonyl (C=O) groups excluding carboxylic acids is 1. The molecule has 0 atom stereocenters. The Labute approximate surface area is 130 Å². The molecule has 2 aromatic rings. The Morgan fingerprint density at radius 1 is 1.26 bits per heavy atom. The zero-order chi connectivity index (χ0) is 16.4. The average molecular weight is 315 g/mol. The van der Waals surface area contributed by atoms with E-state index < -0.39 is 23.1 Å². The van der Waals surface area contributed by atoms with Crippen molar-refractivity contribution in [3.8, 4) is 11.9 Å². The van der Waals surface area contributed by atoms with Crippen LogP contribution in [0.15, 0.2) is 36.5 Å². The Bertz CT molecular complexity index is 778. The van der Waals surface area contributed by atoms with E-state index in [1.54, 1.807) is 12.1 Å². The number of benzene rings is 1. The number of nitrogens with zero attached hydrogens (tertiary/aromatic N) is 3. The zero-order valence-corrected chi connectivity index (χ0v) is 11.9. The van der Waals surface area contributed by atoms with Crippen molar-refractivity contribution in [1.29, 1.82) is 5.26 Å². The molecule has 1 saturated heterocycles. The summed E-state index contributed by atoms with van der Waals surface area (Å²) in [6.45, 7) is 0.349. The topological polar surface area (TPSA) is 66.2 Å². The van der Waals surface area contributed by atoms with Gasteiger partial charge in [0.25, 0.3) is 5.91 Å². The number of likely N-dealkylation sites (tertiary alicyclic amines) is 1. The minimum absolute atomic E-state index is 0.175. The van der Waals surface area contributed by atoms with Crippen LogP contribution >= 0.6 is 0 Å². The molecule has 1 aliphatic heterocycles. The smallest absolute Gasteiger partial charge is 0.260 e. The molecule has 0 N–H and O–H groups in total. The lowest BCUT2D eigenvalue weighted by atomic mass is 10.1. The fraction of sp³-hybridized carbons (Fsp3) is 0.188. The van der Waals surface area contributed by atoms with Crippen LogP contribution in [0.3, 0.4) is 0 Å². The van der Waals surface area contributed by atoms with Crippen molar-refractivity contribution in [2.45, 2.75) is 6.10 Å². The van der Waals surface area contributed by atoms with Gasteiger partial charge in [0.05, 0.1) is 13.1 Å². The number of halogens is 2. The zero-order valence-electron chi connectivity index (χ0n) is 11.9. The van der Waals surface area contributed by atoms with Crippen LogP contribution in [-0.4, -0.2) is 35.0 Å². The van der Waals surface area contributed by atoms with Crippen molar-refractivity contribution in [2.75, 3.05) is 13.1 Å². The predicted molar refractivity (Wildman–Crippen MR) is 75.6 cm³/mol. The van der Waals surface area contributed by atoms with Crippen LogP contribution in [-0.2, 0) is 0 Å². The van der Waals surface area contributed by atoms with Crippen LogP contribution in [0.1, 0.15) is 15.9 Å². The number of nitriles is 1. The van der Waals surface area contributed by atoms with Crippen molar-refractivity contribution in [3.05, 3.63) is 59.3 Å². The van der Waals surface area contributed by atoms with Gasteiger partial charge in [0.1, 0.15) is 34.9 Å². The SMILES string of the molecule is N#Cc1cccnc1OC1CN(C(=O)c2c(F)cccc2F)C1. The third kappa shape index (κ3) is 2.83. The number of hydrogen-bond donors (Lipinski definition) is 0. The molecule has 0 aliphatic carbocycles. The standard InChI is InChI=1S/C16H11F2N3O2/c17-12-4-1-5-13(18)14(12)16(22)21-8-11(9-21)23-15-10(7-19)3-2-6-20-15/h1-6,11H,8-9H2. The van der Waals surface area contributed by atoms with Gasteiger partial charge in [-0.3, -0.25) is 4.79 Å². The predicted octanol–water partition coefficient (Wildman–Crippen LogP) is 2.13. The van der Waals surface area contributed by atoms with Gasteiger partial charge >= 0.3 is 0 Å². The molecular formula is C16H11F2N3O2. The highest BCUT2D eigenvalue weighted by Crippen LogP contribution is 2.22. The van der Waals surface area contributed by atoms with Crippen LogP contribution in [0.4, 0.5) is 8.78 Å². The molecular weight excluding hydrogens is 304 g/mol. The monoisotopic (exact) mass is 315 g/mol. The largest absolute Gasteiger partial charge is 0.470 e. The average Bonchev–Trinajstić information content (AvgIpc) is 2.50. The minimum atomic E-state index is -0.893. The van der Waals surface area contributed by atoms with E-state index in [2.05, 4.69) is 4.98 Å². The lowest BCUT2D eigenvalue weighted by molar-refractivity contribution is 0.0152. The maximum absolute atomic E-state index is 13.6. The van der Waals surface area contributed by atoms with Gasteiger partial charge in [0, 0.05) is 6.20 Å². The van der Waals surface area contributed by atoms with E-state index in [0.29, 0.717) is 0 Å². The second-order valence-corrected chi connectivity index (χ2v) is 5.01. The van der Waals surface area contributed by atoms with Crippen molar-refractivity contribution in [1.82, 2.24) is 9.88 Å². The van der Waals surface area contributed by atoms with E-state index in [9.17, 15) is 13.6 Å². The van der Waals surface area contributed by atoms with Crippen molar-refractivity contribution < 1.29 is 18.3 Å². The Kier molecular flexibility index (Phi) is 3.89. The molecule has 0 radical (unpaired) electrons. The normalized spacial score (nSPS) is 14.0. The number of hydrogen-bond acceptors (Lipinski definition) is 4. The van der Waals surface area contributed by atoms with Crippen molar-refractivity contribution in [2.24, 2.45) is 0 Å². The molecule has 0 unspecified atom stereocenters. The minimum Gasteiger partial charge on any atom is -0.470 e. The van der Waals surface area contributed by atoms with E-state index in [1.807, 2.05) is 6.07 Å². The highest BCUT2D eigenvalue weighted by Gasteiger charge is 2.35. The molecule has 116 valence electrons. The fourth-order valence-electron chi connectivity index (χ4n) is 2.27. The maximum atomic E-state index is 13.6. The molecule has 0 saturated carbocycles. The second kappa shape index (κ2) is 6.01. The Balaban J connectivity index is 1.65. The third-order valence-corrected chi connectivity index (χ3v) is 3.48. The number of carbonyl (C=O) groups is 1. The number of ether oxygens (including phenoxy) is 1. The fourth-order valence-corrected chi connectivity index (χ4v) is 2.27. The summed E-state index contributed by atoms with van der Waals surface area (Å²) in [5.74, 6) is -2.32. The van der Waals surface area contributed by atoms with Gasteiger partial charge < -0.3 is 9.64 Å². The highest BCUT2D eigenvalue weighted by atomic mass is 19.1. The van der Waals surface area contributed by atoms with E-state index in [-0.39, 0.29) is 30.6 Å². The Hall–Kier alpha value is -3.01. The first-order valence-electron chi connectivity index (χ1n) is 6.85. The van der Waals surface area contributed by atoms with Gasteiger partial charge in [-0.15, -0.1) is 0 Å². The summed E-state index contributed by atoms with van der Waals surface area (Å²) in [4.78, 5) is 17.4. The third-order valence-electron chi connectivity index (χ3n) is 3.48. The van der Waals surface area contributed by atoms with Crippen LogP contribution in [0.2, 0.25) is 0 Å². The van der Waals surface area contributed by atoms with Gasteiger partial charge in [0.15, 0.2) is 0 Å². The molecule has 1 amide bonds. The molecule has 7 heteroatoms. The van der Waals surface area contributed by atoms with Gasteiger partial charge in [-0.2, -0.15) is 5.26 Å². The number of pyridine rings is 1. The van der Waals surface area contributed by atoms with Crippen molar-refractivity contribution in [3.63, 3.8) is 0 Å². The summed E-state index contributed by atoms with van der Waals surface area (Å²) < 4.78 is 32.7. The van der Waals surface area contributed by atoms with Gasteiger partial charge in [-0.05, 0) is 24.3 Å². The first-order chi connectivity index (χ1) is 11.1. The summed E-state index contributed by atoms with van der Waals surface area (Å²) in [7, 11) is 0. The van der Waals surface area contributed by atoms with Crippen LogP contribution in [0.25, 0.3) is 0 Å². The van der Waals surface area contributed by atoms with Crippen LogP contribution < -0.4 is 4.74 Å². The molecule has 0 spiro atoms. The van der Waals surface area contributed by atoms with Gasteiger partial charge in [-0.25, -0.2) is 13.8 Å². The first kappa shape index (κ1) is 14.9. The lowest BCUT2D eigenvalue weighted by Crippen LogP contribution is -2.56. The molecule has 1 aromatic heterocycles. The number of amides is 1. The second-order valence-electron chi connectivity index (χ2n) is 5.01. The van der Waals surface area contributed by atoms with Gasteiger partial charge in [-0.1, -0.05) is 6.07 Å². The molecule has 2 heterocycles. The van der Waals surface area contributed by atoms with E-state index in [4.69, 9.17) is 10.00 Å². The summed E-state index contributed by atoms with van der Waals surface area (Å²) in [5.41, 5.74) is -0.279. The van der Waals surface area contributed by atoms with Crippen molar-refractivity contribution >= 4 is 5.91 Å².